The molecule has 4 aromatic rings. The quantitative estimate of drug-likeness (QED) is 0.0422. The Labute approximate surface area is 508 Å². The highest BCUT2D eigenvalue weighted by atomic mass is 16.6. The van der Waals surface area contributed by atoms with Gasteiger partial charge >= 0.3 is 12.2 Å². The third kappa shape index (κ3) is 12.8. The van der Waals surface area contributed by atoms with E-state index in [9.17, 15) is 43.5 Å². The number of anilines is 4. The lowest BCUT2D eigenvalue weighted by Gasteiger charge is -2.39. The zero-order valence-corrected chi connectivity index (χ0v) is 50.4. The second-order valence-corrected chi connectivity index (χ2v) is 22.0. The summed E-state index contributed by atoms with van der Waals surface area (Å²) in [7, 11) is 9.33. The Morgan fingerprint density at radius 3 is 1.85 bits per heavy atom. The molecule has 2 unspecified atom stereocenters. The standard InChI is InChI=1S/C61H75N11O16/c1-10-22-87-59(80)71-42-30-47(46(82-7)29-39(42)55(77)69-20-12-16-40(69)56(71)78)86-25-15-19-62-52(74)43-27-37(34-66(43)4)64-54(76)45-28-38(35-68(45)6)65-53(75)44-26-36(33-67(44)5)63-51(73)18-14-24-85-48-31-50-61(3,32-49(48)83-8)58(79)70-21-13-17-41(70)57(84-9)72(50)60(81)88-23-11-2/h10-11,26-31,33-35,40-41,56-57,78H,1-2,12-25,32H2,3-9H3,(H,62,74)(H,63,73)(H,64,76)(H,65,75)/t40-,41?,56-,57-,61?/m0/s1. The summed E-state index contributed by atoms with van der Waals surface area (Å²) >= 11 is 0. The zero-order chi connectivity index (χ0) is 63.1. The van der Waals surface area contributed by atoms with Crippen LogP contribution in [0.1, 0.15) is 100 Å². The number of allylic oxidation sites excluding steroid dienone is 2. The Morgan fingerprint density at radius 2 is 1.26 bits per heavy atom. The molecule has 1 aliphatic carbocycles. The number of nitrogens with zero attached hydrogens (tertiary/aromatic N) is 7. The first-order valence-electron chi connectivity index (χ1n) is 28.9. The van der Waals surface area contributed by atoms with Crippen LogP contribution in [-0.2, 0) is 54.4 Å². The summed E-state index contributed by atoms with van der Waals surface area (Å²) in [4.78, 5) is 115. The maximum Gasteiger partial charge on any atom is 0.416 e. The number of aliphatic hydroxyl groups is 1. The van der Waals surface area contributed by atoms with Gasteiger partial charge in [0.1, 0.15) is 36.1 Å². The molecule has 88 heavy (non-hydrogen) atoms. The Morgan fingerprint density at radius 1 is 0.693 bits per heavy atom. The van der Waals surface area contributed by atoms with Crippen molar-refractivity contribution in [3.8, 4) is 11.5 Å². The van der Waals surface area contributed by atoms with Crippen molar-refractivity contribution in [3.63, 3.8) is 0 Å². The van der Waals surface area contributed by atoms with Crippen molar-refractivity contribution in [1.82, 2.24) is 33.7 Å². The van der Waals surface area contributed by atoms with Gasteiger partial charge in [-0.1, -0.05) is 25.3 Å². The summed E-state index contributed by atoms with van der Waals surface area (Å²) in [6, 6.07) is 6.44. The second kappa shape index (κ2) is 27.0. The van der Waals surface area contributed by atoms with E-state index in [1.54, 1.807) is 71.7 Å². The highest BCUT2D eigenvalue weighted by molar-refractivity contribution is 6.08. The first-order chi connectivity index (χ1) is 42.2. The van der Waals surface area contributed by atoms with Crippen molar-refractivity contribution in [2.45, 2.75) is 82.8 Å². The van der Waals surface area contributed by atoms with Crippen LogP contribution in [0.15, 0.2) is 97.5 Å². The molecule has 5 N–H and O–H groups in total. The number of hydrogen-bond acceptors (Lipinski definition) is 16. The van der Waals surface area contributed by atoms with Crippen molar-refractivity contribution in [2.24, 2.45) is 26.6 Å². The fraction of sp³-hybridized carbons (Fsp3) is 0.443. The molecule has 0 spiro atoms. The van der Waals surface area contributed by atoms with Crippen LogP contribution in [0.4, 0.5) is 32.3 Å². The molecule has 0 bridgehead atoms. The smallest absolute Gasteiger partial charge is 0.416 e. The third-order valence-electron chi connectivity index (χ3n) is 16.2. The minimum Gasteiger partial charge on any atom is -0.497 e. The summed E-state index contributed by atoms with van der Waals surface area (Å²) in [6.45, 7) is 10.1. The molecule has 1 aromatic carbocycles. The van der Waals surface area contributed by atoms with E-state index in [2.05, 4.69) is 34.4 Å². The van der Waals surface area contributed by atoms with Gasteiger partial charge in [0.2, 0.25) is 11.8 Å². The fourth-order valence-electron chi connectivity index (χ4n) is 11.9. The van der Waals surface area contributed by atoms with Gasteiger partial charge in [-0.25, -0.2) is 14.5 Å². The summed E-state index contributed by atoms with van der Waals surface area (Å²) in [6.07, 6.45) is 8.72. The van der Waals surface area contributed by atoms with E-state index in [0.29, 0.717) is 73.1 Å². The molecule has 8 amide bonds. The number of nitrogens with one attached hydrogen (secondary N) is 4. The number of aryl methyl sites for hydroxylation is 3. The molecule has 5 atom stereocenters. The molecule has 0 radical (unpaired) electrons. The van der Waals surface area contributed by atoms with Crippen molar-refractivity contribution in [2.75, 3.05) is 88.2 Å². The number of carbonyl (C=O) groups excluding carboxylic acids is 8. The monoisotopic (exact) mass is 1220 g/mol. The van der Waals surface area contributed by atoms with E-state index in [0.717, 1.165) is 11.3 Å². The number of amides is 8. The average Bonchev–Trinajstić information content (AvgIpc) is 1.81. The Bertz CT molecular complexity index is 3470. The van der Waals surface area contributed by atoms with Gasteiger partial charge in [0.25, 0.3) is 23.6 Å². The van der Waals surface area contributed by atoms with Gasteiger partial charge < -0.3 is 83.0 Å². The lowest BCUT2D eigenvalue weighted by Crippen LogP contribution is -2.50. The fourth-order valence-corrected chi connectivity index (χ4v) is 11.9. The number of benzene rings is 1. The Balaban J connectivity index is 0.746. The largest absolute Gasteiger partial charge is 0.497 e. The first kappa shape index (κ1) is 63.0. The molecular formula is C61H75N11O16. The van der Waals surface area contributed by atoms with Crippen LogP contribution >= 0.6 is 0 Å². The number of hydrogen-bond donors (Lipinski definition) is 5. The molecule has 9 rings (SSSR count). The third-order valence-corrected chi connectivity index (χ3v) is 16.2. The average molecular weight is 1220 g/mol. The minimum absolute atomic E-state index is 0.0402. The lowest BCUT2D eigenvalue weighted by molar-refractivity contribution is -0.141. The van der Waals surface area contributed by atoms with Gasteiger partial charge in [-0.2, -0.15) is 0 Å². The first-order valence-corrected chi connectivity index (χ1v) is 28.9. The van der Waals surface area contributed by atoms with Gasteiger partial charge in [0.05, 0.1) is 73.2 Å². The van der Waals surface area contributed by atoms with Crippen LogP contribution in [0.5, 0.6) is 11.5 Å². The molecular weight excluding hydrogens is 1140 g/mol. The molecule has 3 aromatic heterocycles. The van der Waals surface area contributed by atoms with Crippen molar-refractivity contribution >= 4 is 70.4 Å². The van der Waals surface area contributed by atoms with Gasteiger partial charge in [-0.05, 0) is 69.7 Å². The SMILES string of the molecule is C=CCOC(=O)N1C2=CC(OCCCC(=O)Nc3cc(C(=O)Nc4cc(C(=O)Nc5cc(C(=O)NCCCOc6cc7c(cc6OC)C(=O)N6CCC[C@H]6[C@H](O)N7C(=O)OCC=C)n(C)c5)n(C)c4)n(C)c3)=C(OC)CC2(C)C(=O)N2CCCC2[C@@H]1OC. The Hall–Kier alpha value is -9.50. The number of aromatic nitrogens is 3. The van der Waals surface area contributed by atoms with Gasteiger partial charge in [-0.3, -0.25) is 33.7 Å². The number of carbonyl (C=O) groups is 8. The van der Waals surface area contributed by atoms with Crippen LogP contribution in [0, 0.1) is 5.41 Å². The summed E-state index contributed by atoms with van der Waals surface area (Å²) in [5.74, 6) is -1.22. The molecule has 27 nitrogen and oxygen atoms in total. The van der Waals surface area contributed by atoms with Crippen LogP contribution in [0.3, 0.4) is 0 Å². The van der Waals surface area contributed by atoms with Crippen LogP contribution in [0.2, 0.25) is 0 Å². The lowest BCUT2D eigenvalue weighted by atomic mass is 9.77. The van der Waals surface area contributed by atoms with Crippen LogP contribution < -0.4 is 35.6 Å². The number of fused-ring (bicyclic) bond motifs is 4. The maximum atomic E-state index is 14.3. The van der Waals surface area contributed by atoms with Crippen molar-refractivity contribution in [3.05, 3.63) is 120 Å². The molecule has 27 heteroatoms. The van der Waals surface area contributed by atoms with Gasteiger partial charge in [-0.15, -0.1) is 0 Å². The minimum atomic E-state index is -1.38. The van der Waals surface area contributed by atoms with E-state index in [1.807, 2.05) is 0 Å². The molecule has 0 saturated carbocycles. The van der Waals surface area contributed by atoms with Crippen molar-refractivity contribution in [1.29, 1.82) is 0 Å². The Kier molecular flexibility index (Phi) is 19.4. The topological polar surface area (TPSA) is 297 Å². The molecule has 3 fully saturated rings. The highest BCUT2D eigenvalue weighted by Crippen LogP contribution is 2.49. The van der Waals surface area contributed by atoms with Crippen LogP contribution in [-0.4, -0.2) is 173 Å². The normalized spacial score (nSPS) is 20.3. The molecule has 5 aliphatic rings. The van der Waals surface area contributed by atoms with E-state index < -0.39 is 59.9 Å². The number of methoxy groups -OCH3 is 3. The molecule has 7 heterocycles. The van der Waals surface area contributed by atoms with Gasteiger partial charge in [0, 0.05) is 97.2 Å². The summed E-state index contributed by atoms with van der Waals surface area (Å²) < 4.78 is 44.9. The van der Waals surface area contributed by atoms with E-state index in [1.165, 1.54) is 73.3 Å². The summed E-state index contributed by atoms with van der Waals surface area (Å²) in [5, 5.41) is 22.7. The van der Waals surface area contributed by atoms with Crippen LogP contribution in [0.25, 0.3) is 0 Å². The van der Waals surface area contributed by atoms with Gasteiger partial charge in [0.15, 0.2) is 29.7 Å². The second-order valence-electron chi connectivity index (χ2n) is 22.0. The number of rotatable bonds is 23. The molecule has 470 valence electrons. The number of aliphatic hydroxyl groups excluding tert-OH is 1. The van der Waals surface area contributed by atoms with E-state index in [-0.39, 0.29) is 110 Å². The van der Waals surface area contributed by atoms with Crippen molar-refractivity contribution < 1.29 is 76.6 Å². The molecule has 4 aliphatic heterocycles. The predicted octanol–water partition coefficient (Wildman–Crippen LogP) is 5.97. The predicted molar refractivity (Wildman–Crippen MR) is 319 cm³/mol. The number of ether oxygens (including phenoxy) is 7. The maximum absolute atomic E-state index is 14.3. The summed E-state index contributed by atoms with van der Waals surface area (Å²) in [5.41, 5.74) is 1.04. The van der Waals surface area contributed by atoms with E-state index in [4.69, 9.17) is 33.2 Å². The zero-order valence-electron chi connectivity index (χ0n) is 50.4. The molecule has 3 saturated heterocycles. The van der Waals surface area contributed by atoms with E-state index >= 15 is 0 Å². The highest BCUT2D eigenvalue weighted by Gasteiger charge is 2.57.